The van der Waals surface area contributed by atoms with E-state index in [2.05, 4.69) is 10.3 Å². The number of aldehydes is 1. The van der Waals surface area contributed by atoms with Crippen LogP contribution in [0, 0.1) is 0 Å². The highest BCUT2D eigenvalue weighted by Crippen LogP contribution is 2.27. The van der Waals surface area contributed by atoms with Crippen LogP contribution in [-0.2, 0) is 6.54 Å². The zero-order chi connectivity index (χ0) is 16.8. The van der Waals surface area contributed by atoms with Crippen LogP contribution >= 0.6 is 0 Å². The molecular formula is C18H17N3O3. The summed E-state index contributed by atoms with van der Waals surface area (Å²) in [5.74, 6) is 1.12. The van der Waals surface area contributed by atoms with Gasteiger partial charge in [-0.05, 0) is 18.2 Å². The molecule has 6 heteroatoms. The Labute approximate surface area is 139 Å². The van der Waals surface area contributed by atoms with E-state index in [0.29, 0.717) is 30.2 Å². The zero-order valence-corrected chi connectivity index (χ0v) is 13.3. The summed E-state index contributed by atoms with van der Waals surface area (Å²) in [7, 11) is 1.54. The Morgan fingerprint density at radius 1 is 1.12 bits per heavy atom. The van der Waals surface area contributed by atoms with Crippen molar-refractivity contribution in [2.24, 2.45) is 0 Å². The number of carbonyl (C=O) groups is 1. The van der Waals surface area contributed by atoms with Gasteiger partial charge >= 0.3 is 0 Å². The van der Waals surface area contributed by atoms with Gasteiger partial charge < -0.3 is 9.47 Å². The molecule has 0 amide bonds. The van der Waals surface area contributed by atoms with E-state index in [1.54, 1.807) is 30.0 Å². The summed E-state index contributed by atoms with van der Waals surface area (Å²) in [5, 5.41) is 8.27. The summed E-state index contributed by atoms with van der Waals surface area (Å²) in [6, 6.07) is 14.9. The quantitative estimate of drug-likeness (QED) is 0.626. The second kappa shape index (κ2) is 7.41. The predicted molar refractivity (Wildman–Crippen MR) is 89.3 cm³/mol. The molecule has 24 heavy (non-hydrogen) atoms. The number of ether oxygens (including phenoxy) is 2. The van der Waals surface area contributed by atoms with Crippen LogP contribution < -0.4 is 9.47 Å². The number of nitrogens with zero attached hydrogens (tertiary/aromatic N) is 3. The second-order valence-electron chi connectivity index (χ2n) is 5.11. The highest BCUT2D eigenvalue weighted by molar-refractivity contribution is 5.76. The third-order valence-electron chi connectivity index (χ3n) is 3.51. The maximum Gasteiger partial charge on any atom is 0.161 e. The molecule has 0 atom stereocenters. The molecule has 0 aliphatic carbocycles. The summed E-state index contributed by atoms with van der Waals surface area (Å²) in [4.78, 5) is 10.8. The van der Waals surface area contributed by atoms with E-state index in [9.17, 15) is 4.79 Å². The van der Waals surface area contributed by atoms with E-state index in [0.717, 1.165) is 17.5 Å². The molecule has 2 aromatic carbocycles. The van der Waals surface area contributed by atoms with Crippen LogP contribution in [0.15, 0.2) is 54.7 Å². The first kappa shape index (κ1) is 15.7. The number of carbonyl (C=O) groups excluding carboxylic acids is 1. The van der Waals surface area contributed by atoms with Gasteiger partial charge in [0.15, 0.2) is 11.5 Å². The molecule has 0 saturated heterocycles. The lowest BCUT2D eigenvalue weighted by Crippen LogP contribution is -2.09. The summed E-state index contributed by atoms with van der Waals surface area (Å²) >= 11 is 0. The molecule has 0 unspecified atom stereocenters. The maximum absolute atomic E-state index is 10.8. The molecule has 1 heterocycles. The van der Waals surface area contributed by atoms with E-state index in [1.165, 1.54) is 0 Å². The Balaban J connectivity index is 1.61. The lowest BCUT2D eigenvalue weighted by Gasteiger charge is -2.10. The van der Waals surface area contributed by atoms with Crippen molar-refractivity contribution in [3.8, 4) is 22.8 Å². The topological polar surface area (TPSA) is 66.2 Å². The van der Waals surface area contributed by atoms with Gasteiger partial charge in [0.1, 0.15) is 18.6 Å². The van der Waals surface area contributed by atoms with Gasteiger partial charge in [-0.15, -0.1) is 5.10 Å². The van der Waals surface area contributed by atoms with Gasteiger partial charge in [-0.2, -0.15) is 0 Å². The molecule has 1 aromatic heterocycles. The van der Waals surface area contributed by atoms with E-state index in [1.807, 2.05) is 36.5 Å². The minimum Gasteiger partial charge on any atom is -0.493 e. The van der Waals surface area contributed by atoms with E-state index >= 15 is 0 Å². The van der Waals surface area contributed by atoms with Crippen molar-refractivity contribution in [3.63, 3.8) is 0 Å². The van der Waals surface area contributed by atoms with Crippen LogP contribution in [0.4, 0.5) is 0 Å². The van der Waals surface area contributed by atoms with Crippen molar-refractivity contribution in [1.29, 1.82) is 0 Å². The average molecular weight is 323 g/mol. The largest absolute Gasteiger partial charge is 0.493 e. The summed E-state index contributed by atoms with van der Waals surface area (Å²) in [6.07, 6.45) is 2.65. The maximum atomic E-state index is 10.8. The number of hydrogen-bond acceptors (Lipinski definition) is 5. The van der Waals surface area contributed by atoms with Gasteiger partial charge in [-0.3, -0.25) is 4.79 Å². The molecule has 0 N–H and O–H groups in total. The fourth-order valence-electron chi connectivity index (χ4n) is 2.27. The Morgan fingerprint density at radius 3 is 2.71 bits per heavy atom. The Bertz CT molecular complexity index is 815. The minimum absolute atomic E-state index is 0.411. The SMILES string of the molecule is COc1cc(C=O)ccc1OCCn1cc(-c2ccccc2)nn1. The molecular weight excluding hydrogens is 306 g/mol. The third-order valence-corrected chi connectivity index (χ3v) is 3.51. The first-order valence-corrected chi connectivity index (χ1v) is 7.51. The fraction of sp³-hybridized carbons (Fsp3) is 0.167. The Morgan fingerprint density at radius 2 is 1.96 bits per heavy atom. The van der Waals surface area contributed by atoms with Crippen LogP contribution in [0.1, 0.15) is 10.4 Å². The van der Waals surface area contributed by atoms with E-state index < -0.39 is 0 Å². The van der Waals surface area contributed by atoms with Crippen LogP contribution in [0.25, 0.3) is 11.3 Å². The summed E-state index contributed by atoms with van der Waals surface area (Å²) < 4.78 is 12.7. The van der Waals surface area contributed by atoms with Crippen LogP contribution in [-0.4, -0.2) is 35.0 Å². The molecule has 122 valence electrons. The second-order valence-corrected chi connectivity index (χ2v) is 5.11. The zero-order valence-electron chi connectivity index (χ0n) is 13.3. The molecule has 0 aliphatic rings. The van der Waals surface area contributed by atoms with Gasteiger partial charge in [-0.1, -0.05) is 35.5 Å². The smallest absolute Gasteiger partial charge is 0.161 e. The molecule has 0 radical (unpaired) electrons. The molecule has 3 aromatic rings. The van der Waals surface area contributed by atoms with Gasteiger partial charge in [0.2, 0.25) is 0 Å². The van der Waals surface area contributed by atoms with Crippen molar-refractivity contribution < 1.29 is 14.3 Å². The third kappa shape index (κ3) is 3.60. The number of methoxy groups -OCH3 is 1. The van der Waals surface area contributed by atoms with E-state index in [-0.39, 0.29) is 0 Å². The van der Waals surface area contributed by atoms with Crippen LogP contribution in [0.2, 0.25) is 0 Å². The van der Waals surface area contributed by atoms with Gasteiger partial charge in [0.05, 0.1) is 19.9 Å². The number of benzene rings is 2. The normalized spacial score (nSPS) is 10.4. The average Bonchev–Trinajstić information content (AvgIpc) is 3.11. The monoisotopic (exact) mass is 323 g/mol. The minimum atomic E-state index is 0.411. The Hall–Kier alpha value is -3.15. The molecule has 3 rings (SSSR count). The Kier molecular flexibility index (Phi) is 4.86. The molecule has 0 bridgehead atoms. The number of aromatic nitrogens is 3. The lowest BCUT2D eigenvalue weighted by atomic mass is 10.2. The fourth-order valence-corrected chi connectivity index (χ4v) is 2.27. The van der Waals surface area contributed by atoms with Crippen LogP contribution in [0.5, 0.6) is 11.5 Å². The first-order valence-electron chi connectivity index (χ1n) is 7.51. The lowest BCUT2D eigenvalue weighted by molar-refractivity contribution is 0.112. The highest BCUT2D eigenvalue weighted by Gasteiger charge is 2.07. The van der Waals surface area contributed by atoms with Crippen molar-refractivity contribution in [1.82, 2.24) is 15.0 Å². The molecule has 0 aliphatic heterocycles. The van der Waals surface area contributed by atoms with Crippen LogP contribution in [0.3, 0.4) is 0 Å². The predicted octanol–water partition coefficient (Wildman–Crippen LogP) is 2.85. The van der Waals surface area contributed by atoms with Gasteiger partial charge in [0, 0.05) is 11.1 Å². The van der Waals surface area contributed by atoms with Gasteiger partial charge in [-0.25, -0.2) is 4.68 Å². The molecule has 0 saturated carbocycles. The number of hydrogen-bond donors (Lipinski definition) is 0. The van der Waals surface area contributed by atoms with Gasteiger partial charge in [0.25, 0.3) is 0 Å². The molecule has 6 nitrogen and oxygen atoms in total. The van der Waals surface area contributed by atoms with Crippen molar-refractivity contribution >= 4 is 6.29 Å². The standard InChI is InChI=1S/C18H17N3O3/c1-23-18-11-14(13-22)7-8-17(18)24-10-9-21-12-16(19-20-21)15-5-3-2-4-6-15/h2-8,11-13H,9-10H2,1H3. The first-order chi connectivity index (χ1) is 11.8. The highest BCUT2D eigenvalue weighted by atomic mass is 16.5. The number of rotatable bonds is 7. The summed E-state index contributed by atoms with van der Waals surface area (Å²) in [5.41, 5.74) is 2.39. The van der Waals surface area contributed by atoms with E-state index in [4.69, 9.17) is 9.47 Å². The van der Waals surface area contributed by atoms with Crippen molar-refractivity contribution in [2.75, 3.05) is 13.7 Å². The molecule has 0 spiro atoms. The van der Waals surface area contributed by atoms with Crippen molar-refractivity contribution in [2.45, 2.75) is 6.54 Å². The molecule has 0 fully saturated rings. The van der Waals surface area contributed by atoms with Crippen molar-refractivity contribution in [3.05, 3.63) is 60.3 Å². The summed E-state index contributed by atoms with van der Waals surface area (Å²) in [6.45, 7) is 0.965.